The number of nitrogens with two attached hydrogens (primary N) is 2. The van der Waals surface area contributed by atoms with Crippen molar-refractivity contribution < 1.29 is 0 Å². The first kappa shape index (κ1) is 13.0. The average molecular weight is 248 g/mol. The van der Waals surface area contributed by atoms with Gasteiger partial charge in [-0.05, 0) is 37.3 Å². The van der Waals surface area contributed by atoms with Gasteiger partial charge in [-0.15, -0.1) is 0 Å². The normalized spacial score (nSPS) is 20.7. The molecule has 1 aromatic rings. The van der Waals surface area contributed by atoms with Crippen LogP contribution < -0.4 is 16.4 Å². The van der Waals surface area contributed by atoms with E-state index in [0.29, 0.717) is 11.5 Å². The fourth-order valence-electron chi connectivity index (χ4n) is 2.74. The monoisotopic (exact) mass is 248 g/mol. The summed E-state index contributed by atoms with van der Waals surface area (Å²) in [5, 5.41) is 0. The average Bonchev–Trinajstić information content (AvgIpc) is 2.59. The number of nitrogens with zero attached hydrogens (tertiary/aromatic N) is 2. The minimum atomic E-state index is 0.446. The van der Waals surface area contributed by atoms with Crippen molar-refractivity contribution in [1.29, 1.82) is 0 Å². The number of rotatable bonds is 3. The predicted molar refractivity (Wildman–Crippen MR) is 77.5 cm³/mol. The third-order valence-corrected chi connectivity index (χ3v) is 3.81. The van der Waals surface area contributed by atoms with Crippen LogP contribution in [0.4, 0.5) is 17.3 Å². The van der Waals surface area contributed by atoms with Crippen LogP contribution in [0, 0.1) is 5.92 Å². The van der Waals surface area contributed by atoms with Crippen molar-refractivity contribution >= 4 is 17.3 Å². The number of nitrogen functional groups attached to an aromatic ring is 2. The van der Waals surface area contributed by atoms with Crippen molar-refractivity contribution in [3.05, 3.63) is 12.1 Å². The van der Waals surface area contributed by atoms with Gasteiger partial charge in [-0.3, -0.25) is 0 Å². The summed E-state index contributed by atoms with van der Waals surface area (Å²) in [5.74, 6) is 2.30. The molecule has 0 aromatic carbocycles. The molecular weight excluding hydrogens is 224 g/mol. The molecule has 0 aliphatic carbocycles. The first-order valence-electron chi connectivity index (χ1n) is 6.97. The molecule has 1 aliphatic rings. The molecule has 1 fully saturated rings. The van der Waals surface area contributed by atoms with E-state index >= 15 is 0 Å². The first-order valence-corrected chi connectivity index (χ1v) is 6.97. The van der Waals surface area contributed by atoms with Gasteiger partial charge in [0.05, 0.1) is 5.69 Å². The second kappa shape index (κ2) is 5.94. The molecule has 4 heteroatoms. The van der Waals surface area contributed by atoms with Crippen molar-refractivity contribution in [1.82, 2.24) is 4.98 Å². The molecule has 2 rings (SSSR count). The molecule has 1 unspecified atom stereocenters. The minimum absolute atomic E-state index is 0.446. The molecule has 1 saturated heterocycles. The summed E-state index contributed by atoms with van der Waals surface area (Å²) in [4.78, 5) is 6.73. The Balaban J connectivity index is 2.02. The second-order valence-corrected chi connectivity index (χ2v) is 5.22. The highest BCUT2D eigenvalue weighted by Gasteiger charge is 2.17. The summed E-state index contributed by atoms with van der Waals surface area (Å²) < 4.78 is 0. The van der Waals surface area contributed by atoms with Crippen LogP contribution in [-0.2, 0) is 0 Å². The highest BCUT2D eigenvalue weighted by Crippen LogP contribution is 2.25. The van der Waals surface area contributed by atoms with E-state index in [2.05, 4.69) is 16.8 Å². The van der Waals surface area contributed by atoms with E-state index in [1.807, 2.05) is 12.1 Å². The second-order valence-electron chi connectivity index (χ2n) is 5.22. The zero-order valence-corrected chi connectivity index (χ0v) is 11.2. The van der Waals surface area contributed by atoms with Gasteiger partial charge in [-0.1, -0.05) is 19.8 Å². The summed E-state index contributed by atoms with van der Waals surface area (Å²) in [6, 6.07) is 3.83. The summed E-state index contributed by atoms with van der Waals surface area (Å²) in [6.45, 7) is 4.43. The molecular formula is C14H24N4. The Morgan fingerprint density at radius 1 is 1.28 bits per heavy atom. The van der Waals surface area contributed by atoms with Crippen LogP contribution in [-0.4, -0.2) is 18.1 Å². The summed E-state index contributed by atoms with van der Waals surface area (Å²) in [7, 11) is 0. The summed E-state index contributed by atoms with van der Waals surface area (Å²) in [5.41, 5.74) is 12.1. The molecule has 4 nitrogen and oxygen atoms in total. The Hall–Kier alpha value is -1.45. The Bertz CT molecular complexity index is 391. The van der Waals surface area contributed by atoms with Gasteiger partial charge in [0.15, 0.2) is 0 Å². The minimum Gasteiger partial charge on any atom is -0.396 e. The van der Waals surface area contributed by atoms with Gasteiger partial charge in [-0.2, -0.15) is 0 Å². The highest BCUT2D eigenvalue weighted by atomic mass is 15.2. The number of aromatic nitrogens is 1. The third kappa shape index (κ3) is 3.06. The quantitative estimate of drug-likeness (QED) is 0.863. The van der Waals surface area contributed by atoms with Crippen LogP contribution in [0.2, 0.25) is 0 Å². The van der Waals surface area contributed by atoms with Gasteiger partial charge in [0.2, 0.25) is 0 Å². The smallest absolute Gasteiger partial charge is 0.149 e. The van der Waals surface area contributed by atoms with E-state index in [9.17, 15) is 0 Å². The number of hydrogen-bond donors (Lipinski definition) is 2. The maximum absolute atomic E-state index is 5.78. The van der Waals surface area contributed by atoms with Crippen molar-refractivity contribution in [3.63, 3.8) is 0 Å². The lowest BCUT2D eigenvalue weighted by atomic mass is 9.96. The van der Waals surface area contributed by atoms with Crippen LogP contribution in [0.5, 0.6) is 0 Å². The SMILES string of the molecule is CCCC1CCCN(c2ccc(N)c(N)n2)CC1. The lowest BCUT2D eigenvalue weighted by molar-refractivity contribution is 0.435. The van der Waals surface area contributed by atoms with Gasteiger partial charge in [0.25, 0.3) is 0 Å². The maximum atomic E-state index is 5.78. The Morgan fingerprint density at radius 3 is 2.83 bits per heavy atom. The van der Waals surface area contributed by atoms with Gasteiger partial charge in [0.1, 0.15) is 11.6 Å². The largest absolute Gasteiger partial charge is 0.396 e. The molecule has 0 amide bonds. The predicted octanol–water partition coefficient (Wildman–Crippen LogP) is 2.65. The van der Waals surface area contributed by atoms with Crippen LogP contribution >= 0.6 is 0 Å². The Labute approximate surface area is 109 Å². The van der Waals surface area contributed by atoms with Crippen LogP contribution in [0.1, 0.15) is 39.0 Å². The standard InChI is InChI=1S/C14H24N4/c1-2-4-11-5-3-9-18(10-8-11)13-7-6-12(15)14(16)17-13/h6-7,11H,2-5,8-10,15H2,1H3,(H2,16,17). The topological polar surface area (TPSA) is 68.2 Å². The van der Waals surface area contributed by atoms with Gasteiger partial charge in [-0.25, -0.2) is 4.98 Å². The zero-order chi connectivity index (χ0) is 13.0. The Morgan fingerprint density at radius 2 is 2.11 bits per heavy atom. The molecule has 0 bridgehead atoms. The highest BCUT2D eigenvalue weighted by molar-refractivity contribution is 5.62. The molecule has 1 aromatic heterocycles. The Kier molecular flexibility index (Phi) is 4.28. The van der Waals surface area contributed by atoms with E-state index in [1.54, 1.807) is 0 Å². The van der Waals surface area contributed by atoms with E-state index < -0.39 is 0 Å². The molecule has 100 valence electrons. The van der Waals surface area contributed by atoms with Crippen molar-refractivity contribution in [3.8, 4) is 0 Å². The molecule has 2 heterocycles. The van der Waals surface area contributed by atoms with E-state index in [-0.39, 0.29) is 0 Å². The summed E-state index contributed by atoms with van der Waals surface area (Å²) in [6.07, 6.45) is 6.49. The fourth-order valence-corrected chi connectivity index (χ4v) is 2.74. The maximum Gasteiger partial charge on any atom is 0.149 e. The van der Waals surface area contributed by atoms with E-state index in [4.69, 9.17) is 11.5 Å². The van der Waals surface area contributed by atoms with Crippen molar-refractivity contribution in [2.24, 2.45) is 5.92 Å². The zero-order valence-electron chi connectivity index (χ0n) is 11.2. The van der Waals surface area contributed by atoms with E-state index in [1.165, 1.54) is 32.1 Å². The lowest BCUT2D eigenvalue weighted by Gasteiger charge is -2.22. The van der Waals surface area contributed by atoms with Crippen LogP contribution in [0.15, 0.2) is 12.1 Å². The molecule has 18 heavy (non-hydrogen) atoms. The van der Waals surface area contributed by atoms with Crippen LogP contribution in [0.3, 0.4) is 0 Å². The fraction of sp³-hybridized carbons (Fsp3) is 0.643. The van der Waals surface area contributed by atoms with Crippen molar-refractivity contribution in [2.75, 3.05) is 29.5 Å². The lowest BCUT2D eigenvalue weighted by Crippen LogP contribution is -2.25. The first-order chi connectivity index (χ1) is 8.70. The molecule has 4 N–H and O–H groups in total. The van der Waals surface area contributed by atoms with E-state index in [0.717, 1.165) is 24.8 Å². The number of pyridine rings is 1. The van der Waals surface area contributed by atoms with Gasteiger partial charge >= 0.3 is 0 Å². The van der Waals surface area contributed by atoms with Gasteiger partial charge in [0, 0.05) is 13.1 Å². The molecule has 1 aliphatic heterocycles. The van der Waals surface area contributed by atoms with Crippen LogP contribution in [0.25, 0.3) is 0 Å². The molecule has 0 radical (unpaired) electrons. The summed E-state index contributed by atoms with van der Waals surface area (Å²) >= 11 is 0. The molecule has 0 saturated carbocycles. The molecule has 1 atom stereocenters. The van der Waals surface area contributed by atoms with Gasteiger partial charge < -0.3 is 16.4 Å². The molecule has 0 spiro atoms. The number of hydrogen-bond acceptors (Lipinski definition) is 4. The third-order valence-electron chi connectivity index (χ3n) is 3.81. The van der Waals surface area contributed by atoms with Crippen molar-refractivity contribution in [2.45, 2.75) is 39.0 Å². The number of anilines is 3.